The van der Waals surface area contributed by atoms with Gasteiger partial charge in [0.1, 0.15) is 0 Å². The molecule has 0 saturated heterocycles. The average Bonchev–Trinajstić information content (AvgIpc) is 2.77. The Kier molecular flexibility index (Phi) is 2.01. The fraction of sp³-hybridized carbons (Fsp3) is 0.111. The molecule has 2 aromatic heterocycles. The van der Waals surface area contributed by atoms with Crippen molar-refractivity contribution in [2.75, 3.05) is 6.66 Å². The Morgan fingerprint density at radius 2 is 1.08 bits per heavy atom. The third-order valence-corrected chi connectivity index (χ3v) is 3.72. The van der Waals surface area contributed by atoms with Gasteiger partial charge in [-0.05, 0) is 30.9 Å². The Morgan fingerprint density at radius 3 is 1.42 bits per heavy atom. The van der Waals surface area contributed by atoms with E-state index in [-0.39, 0.29) is 8.22 Å². The molecule has 0 saturated carbocycles. The molecule has 0 atom stereocenters. The lowest BCUT2D eigenvalue weighted by molar-refractivity contribution is 1.14. The Balaban J connectivity index is 2.27. The highest BCUT2D eigenvalue weighted by Gasteiger charge is 2.02. The second-order valence-corrected chi connectivity index (χ2v) is 4.52. The van der Waals surface area contributed by atoms with Crippen molar-refractivity contribution in [3.63, 3.8) is 0 Å². The van der Waals surface area contributed by atoms with Crippen LogP contribution in [0, 0.1) is 0 Å². The third-order valence-electron chi connectivity index (χ3n) is 1.85. The molecule has 0 aliphatic heterocycles. The van der Waals surface area contributed by atoms with Gasteiger partial charge in [0.05, 0.1) is 8.22 Å². The summed E-state index contributed by atoms with van der Waals surface area (Å²) in [5.41, 5.74) is 0. The predicted molar refractivity (Wildman–Crippen MR) is 52.5 cm³/mol. The van der Waals surface area contributed by atoms with Gasteiger partial charge in [-0.25, -0.2) is 0 Å². The van der Waals surface area contributed by atoms with Gasteiger partial charge in [-0.1, -0.05) is 0 Å². The van der Waals surface area contributed by atoms with Gasteiger partial charge in [-0.3, -0.25) is 0 Å². The molecule has 0 radical (unpaired) electrons. The highest BCUT2D eigenvalue weighted by atomic mass is 31.1. The lowest BCUT2D eigenvalue weighted by atomic mass is 10.7. The van der Waals surface area contributed by atoms with Gasteiger partial charge in [0.15, 0.2) is 0 Å². The normalized spacial score (nSPS) is 10.8. The lowest BCUT2D eigenvalue weighted by Crippen LogP contribution is -1.94. The van der Waals surface area contributed by atoms with Crippen molar-refractivity contribution in [1.82, 2.24) is 8.68 Å². The van der Waals surface area contributed by atoms with Crippen LogP contribution in [0.2, 0.25) is 0 Å². The molecule has 2 nitrogen and oxygen atoms in total. The van der Waals surface area contributed by atoms with Crippen molar-refractivity contribution in [2.24, 2.45) is 0 Å². The third kappa shape index (κ3) is 1.30. The molecule has 0 N–H and O–H groups in total. The smallest absolute Gasteiger partial charge is 0.0993 e. The summed E-state index contributed by atoms with van der Waals surface area (Å²) in [6, 6.07) is 8.23. The van der Waals surface area contributed by atoms with Crippen LogP contribution in [0.1, 0.15) is 0 Å². The molecule has 0 aliphatic rings. The summed E-state index contributed by atoms with van der Waals surface area (Å²) in [5, 5.41) is 0. The second kappa shape index (κ2) is 3.16. The maximum Gasteiger partial charge on any atom is 0.0993 e. The van der Waals surface area contributed by atoms with Crippen molar-refractivity contribution >= 4 is 8.22 Å². The first kappa shape index (κ1) is 7.63. The molecule has 62 valence electrons. The molecular formula is C9H11N2P. The number of rotatable bonds is 2. The first-order chi connectivity index (χ1) is 5.88. The van der Waals surface area contributed by atoms with Gasteiger partial charge < -0.3 is 8.68 Å². The zero-order chi connectivity index (χ0) is 8.39. The Hall–Kier alpha value is -1.01. The molecule has 2 aromatic rings. The molecule has 2 heterocycles. The summed E-state index contributed by atoms with van der Waals surface area (Å²) in [4.78, 5) is 0. The summed E-state index contributed by atoms with van der Waals surface area (Å²) in [6.07, 6.45) is 8.41. The van der Waals surface area contributed by atoms with E-state index in [1.165, 1.54) is 0 Å². The summed E-state index contributed by atoms with van der Waals surface area (Å²) < 4.78 is 4.46. The summed E-state index contributed by atoms with van der Waals surface area (Å²) in [6.45, 7) is 2.23. The van der Waals surface area contributed by atoms with Crippen LogP contribution in [0.15, 0.2) is 49.1 Å². The van der Waals surface area contributed by atoms with Gasteiger partial charge >= 0.3 is 0 Å². The zero-order valence-electron chi connectivity index (χ0n) is 6.96. The van der Waals surface area contributed by atoms with Crippen LogP contribution >= 0.6 is 8.22 Å². The fourth-order valence-electron chi connectivity index (χ4n) is 1.16. The standard InChI is InChI=1S/C9H11N2P/c1-12(10-6-2-3-7-10)11-8-4-5-9-11/h2-9H,1H3. The van der Waals surface area contributed by atoms with Gasteiger partial charge in [-0.15, -0.1) is 0 Å². The van der Waals surface area contributed by atoms with Crippen LogP contribution < -0.4 is 0 Å². The van der Waals surface area contributed by atoms with Crippen LogP contribution in [-0.4, -0.2) is 15.3 Å². The van der Waals surface area contributed by atoms with E-state index < -0.39 is 0 Å². The summed E-state index contributed by atoms with van der Waals surface area (Å²) >= 11 is 0. The molecule has 0 bridgehead atoms. The second-order valence-electron chi connectivity index (χ2n) is 2.62. The SMILES string of the molecule is CP(n1cccc1)n1cccc1. The van der Waals surface area contributed by atoms with E-state index >= 15 is 0 Å². The van der Waals surface area contributed by atoms with Gasteiger partial charge in [0.25, 0.3) is 0 Å². The summed E-state index contributed by atoms with van der Waals surface area (Å²) in [7, 11) is -0.263. The molecule has 0 amide bonds. The van der Waals surface area contributed by atoms with E-state index in [0.29, 0.717) is 0 Å². The molecule has 0 fully saturated rings. The van der Waals surface area contributed by atoms with Crippen LogP contribution in [0.3, 0.4) is 0 Å². The Bertz CT molecular complexity index is 289. The van der Waals surface area contributed by atoms with Crippen molar-refractivity contribution in [3.8, 4) is 0 Å². The lowest BCUT2D eigenvalue weighted by Gasteiger charge is -2.14. The van der Waals surface area contributed by atoms with E-state index in [9.17, 15) is 0 Å². The number of aromatic nitrogens is 2. The molecule has 0 aromatic carbocycles. The molecular weight excluding hydrogens is 167 g/mol. The van der Waals surface area contributed by atoms with Crippen LogP contribution in [0.25, 0.3) is 0 Å². The number of hydrogen-bond donors (Lipinski definition) is 0. The topological polar surface area (TPSA) is 9.86 Å². The van der Waals surface area contributed by atoms with Crippen molar-refractivity contribution in [2.45, 2.75) is 0 Å². The molecule has 2 rings (SSSR count). The van der Waals surface area contributed by atoms with Crippen LogP contribution in [0.4, 0.5) is 0 Å². The molecule has 0 spiro atoms. The largest absolute Gasteiger partial charge is 0.316 e. The van der Waals surface area contributed by atoms with Crippen molar-refractivity contribution in [3.05, 3.63) is 49.1 Å². The van der Waals surface area contributed by atoms with Crippen LogP contribution in [-0.2, 0) is 0 Å². The van der Waals surface area contributed by atoms with E-state index in [4.69, 9.17) is 0 Å². The van der Waals surface area contributed by atoms with Crippen LogP contribution in [0.5, 0.6) is 0 Å². The highest BCUT2D eigenvalue weighted by Crippen LogP contribution is 2.34. The van der Waals surface area contributed by atoms with Crippen molar-refractivity contribution in [1.29, 1.82) is 0 Å². The van der Waals surface area contributed by atoms with E-state index in [1.54, 1.807) is 0 Å². The predicted octanol–water partition coefficient (Wildman–Crippen LogP) is 2.63. The maximum absolute atomic E-state index is 2.23. The molecule has 12 heavy (non-hydrogen) atoms. The number of hydrogen-bond acceptors (Lipinski definition) is 0. The van der Waals surface area contributed by atoms with Gasteiger partial charge in [0.2, 0.25) is 0 Å². The molecule has 3 heteroatoms. The minimum atomic E-state index is -0.263. The minimum absolute atomic E-state index is 0.263. The molecule has 0 unspecified atom stereocenters. The van der Waals surface area contributed by atoms with E-state index in [0.717, 1.165) is 0 Å². The van der Waals surface area contributed by atoms with E-state index in [2.05, 4.69) is 64.4 Å². The first-order valence-electron chi connectivity index (χ1n) is 3.88. The van der Waals surface area contributed by atoms with Gasteiger partial charge in [-0.2, -0.15) is 0 Å². The molecule has 0 aliphatic carbocycles. The first-order valence-corrected chi connectivity index (χ1v) is 5.57. The maximum atomic E-state index is 2.23. The van der Waals surface area contributed by atoms with Gasteiger partial charge in [0, 0.05) is 24.8 Å². The quantitative estimate of drug-likeness (QED) is 0.625. The van der Waals surface area contributed by atoms with E-state index in [1.807, 2.05) is 0 Å². The Labute approximate surface area is 73.3 Å². The summed E-state index contributed by atoms with van der Waals surface area (Å²) in [5.74, 6) is 0. The fourth-order valence-corrected chi connectivity index (χ4v) is 2.47. The number of nitrogens with zero attached hydrogens (tertiary/aromatic N) is 2. The Morgan fingerprint density at radius 1 is 0.750 bits per heavy atom. The van der Waals surface area contributed by atoms with Crippen molar-refractivity contribution < 1.29 is 0 Å². The zero-order valence-corrected chi connectivity index (χ0v) is 7.85. The minimum Gasteiger partial charge on any atom is -0.316 e. The monoisotopic (exact) mass is 178 g/mol. The highest BCUT2D eigenvalue weighted by molar-refractivity contribution is 7.53. The average molecular weight is 178 g/mol.